The van der Waals surface area contributed by atoms with Gasteiger partial charge in [-0.1, -0.05) is 23.5 Å². The summed E-state index contributed by atoms with van der Waals surface area (Å²) in [5, 5.41) is 16.6. The van der Waals surface area contributed by atoms with E-state index in [2.05, 4.69) is 10.2 Å². The highest BCUT2D eigenvalue weighted by atomic mass is 32.2. The molecule has 0 spiro atoms. The number of benzene rings is 1. The summed E-state index contributed by atoms with van der Waals surface area (Å²) in [4.78, 5) is 0. The van der Waals surface area contributed by atoms with Gasteiger partial charge in [0.05, 0.1) is 11.6 Å². The number of nitrogens with zero attached hydrogens (tertiary/aromatic N) is 3. The maximum absolute atomic E-state index is 11.2. The lowest BCUT2D eigenvalue weighted by atomic mass is 10.2. The van der Waals surface area contributed by atoms with Gasteiger partial charge in [0.2, 0.25) is 14.2 Å². The molecule has 0 unspecified atom stereocenters. The second-order valence-electron chi connectivity index (χ2n) is 3.33. The Hall–Kier alpha value is -1.78. The molecule has 0 aliphatic rings. The first-order valence-corrected chi connectivity index (χ1v) is 7.25. The Morgan fingerprint density at radius 1 is 1.24 bits per heavy atom. The van der Waals surface area contributed by atoms with Gasteiger partial charge in [-0.25, -0.2) is 8.42 Å². The number of hydrogen-bond donors (Lipinski definition) is 0. The average Bonchev–Trinajstić information content (AvgIpc) is 2.78. The summed E-state index contributed by atoms with van der Waals surface area (Å²) in [6.07, 6.45) is 1.09. The molecule has 17 heavy (non-hydrogen) atoms. The van der Waals surface area contributed by atoms with Gasteiger partial charge in [-0.15, -0.1) is 10.2 Å². The Balaban J connectivity index is 2.41. The lowest BCUT2D eigenvalue weighted by Gasteiger charge is -1.93. The highest BCUT2D eigenvalue weighted by Crippen LogP contribution is 2.25. The Labute approximate surface area is 102 Å². The molecule has 0 aliphatic carbocycles. The minimum Gasteiger partial charge on any atom is -0.221 e. The predicted molar refractivity (Wildman–Crippen MR) is 63.2 cm³/mol. The number of sulfone groups is 1. The van der Waals surface area contributed by atoms with Crippen LogP contribution >= 0.6 is 11.3 Å². The van der Waals surface area contributed by atoms with E-state index in [1.807, 2.05) is 6.07 Å². The highest BCUT2D eigenvalue weighted by molar-refractivity contribution is 7.92. The summed E-state index contributed by atoms with van der Waals surface area (Å²) in [6.45, 7) is 0. The van der Waals surface area contributed by atoms with Crippen LogP contribution in [0.1, 0.15) is 5.56 Å². The molecule has 1 aromatic carbocycles. The summed E-state index contributed by atoms with van der Waals surface area (Å²) in [7, 11) is -3.31. The van der Waals surface area contributed by atoms with E-state index in [0.717, 1.165) is 23.2 Å². The summed E-state index contributed by atoms with van der Waals surface area (Å²) in [5.74, 6) is 0. The van der Waals surface area contributed by atoms with Crippen LogP contribution in [-0.2, 0) is 9.84 Å². The first kappa shape index (κ1) is 11.7. The monoisotopic (exact) mass is 265 g/mol. The second-order valence-corrected chi connectivity index (χ2v) is 6.50. The van der Waals surface area contributed by atoms with Crippen molar-refractivity contribution in [3.8, 4) is 16.6 Å². The standard InChI is InChI=1S/C10H7N3O2S2/c1-17(14,15)10-13-12-9(16-10)8-4-2-7(6-11)3-5-8/h2-5H,1H3. The highest BCUT2D eigenvalue weighted by Gasteiger charge is 2.15. The van der Waals surface area contributed by atoms with Crippen molar-refractivity contribution < 1.29 is 8.42 Å². The van der Waals surface area contributed by atoms with Crippen LogP contribution < -0.4 is 0 Å². The molecule has 7 heteroatoms. The molecule has 0 aliphatic heterocycles. The van der Waals surface area contributed by atoms with E-state index in [0.29, 0.717) is 10.6 Å². The van der Waals surface area contributed by atoms with Crippen molar-refractivity contribution in [1.82, 2.24) is 10.2 Å². The topological polar surface area (TPSA) is 83.7 Å². The molecule has 2 aromatic rings. The van der Waals surface area contributed by atoms with Crippen molar-refractivity contribution in [2.24, 2.45) is 0 Å². The number of rotatable bonds is 2. The second kappa shape index (κ2) is 4.24. The van der Waals surface area contributed by atoms with Crippen LogP contribution in [0.25, 0.3) is 10.6 Å². The van der Waals surface area contributed by atoms with Crippen molar-refractivity contribution in [2.75, 3.05) is 6.26 Å². The lowest BCUT2D eigenvalue weighted by Crippen LogP contribution is -1.95. The zero-order valence-electron chi connectivity index (χ0n) is 8.78. The zero-order valence-corrected chi connectivity index (χ0v) is 10.4. The third kappa shape index (κ3) is 2.49. The SMILES string of the molecule is CS(=O)(=O)c1nnc(-c2ccc(C#N)cc2)s1. The van der Waals surface area contributed by atoms with E-state index in [4.69, 9.17) is 5.26 Å². The maximum atomic E-state index is 11.2. The van der Waals surface area contributed by atoms with Gasteiger partial charge in [0.15, 0.2) is 0 Å². The Morgan fingerprint density at radius 3 is 2.35 bits per heavy atom. The fourth-order valence-corrected chi connectivity index (χ4v) is 2.78. The van der Waals surface area contributed by atoms with Gasteiger partial charge in [-0.05, 0) is 12.1 Å². The van der Waals surface area contributed by atoms with Crippen molar-refractivity contribution in [2.45, 2.75) is 4.34 Å². The predicted octanol–water partition coefficient (Wildman–Crippen LogP) is 1.48. The van der Waals surface area contributed by atoms with Crippen LogP contribution in [0.2, 0.25) is 0 Å². The minimum atomic E-state index is -3.31. The van der Waals surface area contributed by atoms with Gasteiger partial charge in [-0.3, -0.25) is 0 Å². The largest absolute Gasteiger partial charge is 0.232 e. The average molecular weight is 265 g/mol. The fourth-order valence-electron chi connectivity index (χ4n) is 1.16. The summed E-state index contributed by atoms with van der Waals surface area (Å²) in [6, 6.07) is 8.73. The molecule has 0 fully saturated rings. The van der Waals surface area contributed by atoms with E-state index in [-0.39, 0.29) is 4.34 Å². The van der Waals surface area contributed by atoms with E-state index >= 15 is 0 Å². The normalized spacial score (nSPS) is 11.1. The van der Waals surface area contributed by atoms with Crippen molar-refractivity contribution in [3.05, 3.63) is 29.8 Å². The summed E-state index contributed by atoms with van der Waals surface area (Å²) >= 11 is 1.01. The van der Waals surface area contributed by atoms with Crippen LogP contribution in [0.15, 0.2) is 28.6 Å². The number of hydrogen-bond acceptors (Lipinski definition) is 6. The first-order chi connectivity index (χ1) is 8.00. The van der Waals surface area contributed by atoms with Crippen LogP contribution in [0, 0.1) is 11.3 Å². The molecule has 1 aromatic heterocycles. The fraction of sp³-hybridized carbons (Fsp3) is 0.100. The van der Waals surface area contributed by atoms with E-state index in [9.17, 15) is 8.42 Å². The van der Waals surface area contributed by atoms with Gasteiger partial charge in [0, 0.05) is 11.8 Å². The summed E-state index contributed by atoms with van der Waals surface area (Å²) < 4.78 is 22.5. The van der Waals surface area contributed by atoms with Gasteiger partial charge in [0.1, 0.15) is 5.01 Å². The molecular weight excluding hydrogens is 258 g/mol. The van der Waals surface area contributed by atoms with Crippen LogP contribution in [0.4, 0.5) is 0 Å². The van der Waals surface area contributed by atoms with Crippen LogP contribution in [0.5, 0.6) is 0 Å². The zero-order chi connectivity index (χ0) is 12.5. The van der Waals surface area contributed by atoms with Gasteiger partial charge in [0.25, 0.3) is 0 Å². The van der Waals surface area contributed by atoms with Crippen LogP contribution in [0.3, 0.4) is 0 Å². The van der Waals surface area contributed by atoms with E-state index in [1.165, 1.54) is 0 Å². The molecule has 5 nitrogen and oxygen atoms in total. The van der Waals surface area contributed by atoms with Crippen molar-refractivity contribution in [3.63, 3.8) is 0 Å². The lowest BCUT2D eigenvalue weighted by molar-refractivity contribution is 0.600. The molecule has 0 saturated carbocycles. The molecule has 0 N–H and O–H groups in total. The molecule has 1 heterocycles. The molecular formula is C10H7N3O2S2. The van der Waals surface area contributed by atoms with Crippen molar-refractivity contribution >= 4 is 21.2 Å². The molecule has 0 radical (unpaired) electrons. The maximum Gasteiger partial charge on any atom is 0.232 e. The molecule has 0 bridgehead atoms. The van der Waals surface area contributed by atoms with Gasteiger partial charge >= 0.3 is 0 Å². The van der Waals surface area contributed by atoms with Gasteiger partial charge < -0.3 is 0 Å². The molecule has 0 saturated heterocycles. The Morgan fingerprint density at radius 2 is 1.88 bits per heavy atom. The number of nitriles is 1. The smallest absolute Gasteiger partial charge is 0.221 e. The first-order valence-electron chi connectivity index (χ1n) is 4.55. The molecule has 0 atom stereocenters. The third-order valence-corrected chi connectivity index (χ3v) is 4.63. The van der Waals surface area contributed by atoms with E-state index in [1.54, 1.807) is 24.3 Å². The molecule has 0 amide bonds. The van der Waals surface area contributed by atoms with Crippen LogP contribution in [-0.4, -0.2) is 24.9 Å². The minimum absolute atomic E-state index is 0.00291. The third-order valence-electron chi connectivity index (χ3n) is 1.98. The van der Waals surface area contributed by atoms with Crippen molar-refractivity contribution in [1.29, 1.82) is 5.26 Å². The molecule has 86 valence electrons. The summed E-state index contributed by atoms with van der Waals surface area (Å²) in [5.41, 5.74) is 1.29. The van der Waals surface area contributed by atoms with E-state index < -0.39 is 9.84 Å². The number of aromatic nitrogens is 2. The quantitative estimate of drug-likeness (QED) is 0.821. The van der Waals surface area contributed by atoms with Gasteiger partial charge in [-0.2, -0.15) is 5.26 Å². The molecule has 2 rings (SSSR count). The Bertz CT molecular complexity index is 681. The Kier molecular flexibility index (Phi) is 2.92.